The van der Waals surface area contributed by atoms with Gasteiger partial charge >= 0.3 is 0 Å². The molecule has 0 saturated carbocycles. The maximum absolute atomic E-state index is 10.6. The Balaban J connectivity index is 1.83. The SMILES string of the molecule is O=[N+]([O-])c1ccc(CNCC2COCCO2)c(Cl)c1. The topological polar surface area (TPSA) is 73.6 Å². The summed E-state index contributed by atoms with van der Waals surface area (Å²) in [6.45, 7) is 3.04. The lowest BCUT2D eigenvalue weighted by Gasteiger charge is -2.23. The molecule has 1 atom stereocenters. The summed E-state index contributed by atoms with van der Waals surface area (Å²) >= 11 is 5.99. The van der Waals surface area contributed by atoms with Crippen LogP contribution >= 0.6 is 11.6 Å². The third kappa shape index (κ3) is 4.14. The number of hydrogen-bond acceptors (Lipinski definition) is 5. The quantitative estimate of drug-likeness (QED) is 0.659. The van der Waals surface area contributed by atoms with Gasteiger partial charge in [-0.05, 0) is 11.6 Å². The Morgan fingerprint density at radius 3 is 2.95 bits per heavy atom. The zero-order valence-corrected chi connectivity index (χ0v) is 11.1. The number of ether oxygens (including phenoxy) is 2. The van der Waals surface area contributed by atoms with Gasteiger partial charge in [-0.3, -0.25) is 10.1 Å². The van der Waals surface area contributed by atoms with Crippen molar-refractivity contribution in [2.24, 2.45) is 0 Å². The molecule has 0 spiro atoms. The predicted molar refractivity (Wildman–Crippen MR) is 70.4 cm³/mol. The monoisotopic (exact) mass is 286 g/mol. The fourth-order valence-corrected chi connectivity index (χ4v) is 2.06. The highest BCUT2D eigenvalue weighted by Gasteiger charge is 2.14. The number of non-ortho nitro benzene ring substituents is 1. The zero-order valence-electron chi connectivity index (χ0n) is 10.3. The van der Waals surface area contributed by atoms with Gasteiger partial charge in [-0.15, -0.1) is 0 Å². The standard InChI is InChI=1S/C12H15ClN2O4/c13-12-5-10(15(16)17)2-1-9(12)6-14-7-11-8-18-3-4-19-11/h1-2,5,11,14H,3-4,6-8H2. The molecule has 0 bridgehead atoms. The number of benzene rings is 1. The van der Waals surface area contributed by atoms with Gasteiger partial charge in [0.05, 0.1) is 35.9 Å². The van der Waals surface area contributed by atoms with Crippen molar-refractivity contribution in [3.63, 3.8) is 0 Å². The first-order valence-corrected chi connectivity index (χ1v) is 6.37. The second-order valence-corrected chi connectivity index (χ2v) is 4.64. The van der Waals surface area contributed by atoms with Gasteiger partial charge in [0.15, 0.2) is 0 Å². The van der Waals surface area contributed by atoms with Crippen LogP contribution in [0.25, 0.3) is 0 Å². The van der Waals surface area contributed by atoms with Crippen LogP contribution in [0.3, 0.4) is 0 Å². The highest BCUT2D eigenvalue weighted by atomic mass is 35.5. The van der Waals surface area contributed by atoms with E-state index in [4.69, 9.17) is 21.1 Å². The second kappa shape index (κ2) is 6.81. The van der Waals surface area contributed by atoms with Gasteiger partial charge in [0.25, 0.3) is 5.69 Å². The van der Waals surface area contributed by atoms with Crippen LogP contribution in [0, 0.1) is 10.1 Å². The van der Waals surface area contributed by atoms with Crippen molar-refractivity contribution in [1.82, 2.24) is 5.32 Å². The molecule has 0 aromatic heterocycles. The Bertz CT molecular complexity index is 449. The largest absolute Gasteiger partial charge is 0.376 e. The lowest BCUT2D eigenvalue weighted by molar-refractivity contribution is -0.384. The molecule has 1 saturated heterocycles. The third-order valence-corrected chi connectivity index (χ3v) is 3.17. The van der Waals surface area contributed by atoms with E-state index < -0.39 is 4.92 Å². The van der Waals surface area contributed by atoms with E-state index in [-0.39, 0.29) is 11.8 Å². The summed E-state index contributed by atoms with van der Waals surface area (Å²) in [6, 6.07) is 4.47. The molecule has 2 rings (SSSR count). The van der Waals surface area contributed by atoms with Gasteiger partial charge < -0.3 is 14.8 Å². The minimum absolute atomic E-state index is 0.00207. The molecule has 1 N–H and O–H groups in total. The molecular formula is C12H15ClN2O4. The lowest BCUT2D eigenvalue weighted by atomic mass is 10.2. The fourth-order valence-electron chi connectivity index (χ4n) is 1.82. The van der Waals surface area contributed by atoms with Crippen LogP contribution in [0.1, 0.15) is 5.56 Å². The van der Waals surface area contributed by atoms with E-state index in [9.17, 15) is 10.1 Å². The average molecular weight is 287 g/mol. The van der Waals surface area contributed by atoms with E-state index in [0.29, 0.717) is 37.9 Å². The van der Waals surface area contributed by atoms with Crippen molar-refractivity contribution >= 4 is 17.3 Å². The minimum atomic E-state index is -0.462. The molecule has 1 aromatic carbocycles. The fraction of sp³-hybridized carbons (Fsp3) is 0.500. The zero-order chi connectivity index (χ0) is 13.7. The Morgan fingerprint density at radius 1 is 1.47 bits per heavy atom. The van der Waals surface area contributed by atoms with Crippen LogP contribution in [0.4, 0.5) is 5.69 Å². The number of nitrogens with one attached hydrogen (secondary N) is 1. The Hall–Kier alpha value is -1.21. The molecule has 1 aromatic rings. The first-order chi connectivity index (χ1) is 9.16. The second-order valence-electron chi connectivity index (χ2n) is 4.23. The molecule has 1 heterocycles. The van der Waals surface area contributed by atoms with Crippen molar-refractivity contribution in [2.45, 2.75) is 12.6 Å². The molecule has 1 unspecified atom stereocenters. The molecule has 0 radical (unpaired) electrons. The number of nitro groups is 1. The summed E-state index contributed by atoms with van der Waals surface area (Å²) in [5.41, 5.74) is 0.821. The van der Waals surface area contributed by atoms with E-state index in [1.165, 1.54) is 12.1 Å². The molecular weight excluding hydrogens is 272 g/mol. The van der Waals surface area contributed by atoms with Crippen molar-refractivity contribution in [1.29, 1.82) is 0 Å². The maximum Gasteiger partial charge on any atom is 0.270 e. The highest BCUT2D eigenvalue weighted by Crippen LogP contribution is 2.22. The van der Waals surface area contributed by atoms with Gasteiger partial charge in [0, 0.05) is 25.2 Å². The van der Waals surface area contributed by atoms with Crippen molar-refractivity contribution in [3.8, 4) is 0 Å². The number of nitrogens with zero attached hydrogens (tertiary/aromatic N) is 1. The van der Waals surface area contributed by atoms with Crippen LogP contribution < -0.4 is 5.32 Å². The first-order valence-electron chi connectivity index (χ1n) is 5.99. The predicted octanol–water partition coefficient (Wildman–Crippen LogP) is 1.75. The molecule has 6 nitrogen and oxygen atoms in total. The summed E-state index contributed by atoms with van der Waals surface area (Å²) < 4.78 is 10.8. The lowest BCUT2D eigenvalue weighted by Crippen LogP contribution is -2.37. The number of nitro benzene ring substituents is 1. The molecule has 1 aliphatic rings. The summed E-state index contributed by atoms with van der Waals surface area (Å²) in [5, 5.41) is 14.2. The summed E-state index contributed by atoms with van der Waals surface area (Å²) in [6.07, 6.45) is 0.0468. The minimum Gasteiger partial charge on any atom is -0.376 e. The average Bonchev–Trinajstić information content (AvgIpc) is 2.41. The van der Waals surface area contributed by atoms with Gasteiger partial charge in [0.1, 0.15) is 0 Å². The summed E-state index contributed by atoms with van der Waals surface area (Å²) in [5.74, 6) is 0. The molecule has 19 heavy (non-hydrogen) atoms. The van der Waals surface area contributed by atoms with E-state index in [0.717, 1.165) is 5.56 Å². The first kappa shape index (κ1) is 14.2. The molecule has 1 fully saturated rings. The summed E-state index contributed by atoms with van der Waals surface area (Å²) in [7, 11) is 0. The maximum atomic E-state index is 10.6. The van der Waals surface area contributed by atoms with E-state index in [1.807, 2.05) is 0 Å². The molecule has 104 valence electrons. The molecule has 7 heteroatoms. The molecule has 1 aliphatic heterocycles. The third-order valence-electron chi connectivity index (χ3n) is 2.82. The van der Waals surface area contributed by atoms with Crippen molar-refractivity contribution < 1.29 is 14.4 Å². The van der Waals surface area contributed by atoms with Crippen LogP contribution in [-0.4, -0.2) is 37.4 Å². The van der Waals surface area contributed by atoms with Crippen molar-refractivity contribution in [3.05, 3.63) is 38.9 Å². The Labute approximate surface area is 115 Å². The van der Waals surface area contributed by atoms with Crippen LogP contribution in [0.15, 0.2) is 18.2 Å². The Morgan fingerprint density at radius 2 is 2.32 bits per heavy atom. The normalized spacial score (nSPS) is 19.3. The summed E-state index contributed by atoms with van der Waals surface area (Å²) in [4.78, 5) is 10.1. The number of halogens is 1. The molecule has 0 amide bonds. The van der Waals surface area contributed by atoms with E-state index in [1.54, 1.807) is 6.07 Å². The van der Waals surface area contributed by atoms with E-state index >= 15 is 0 Å². The number of hydrogen-bond donors (Lipinski definition) is 1. The molecule has 0 aliphatic carbocycles. The number of rotatable bonds is 5. The smallest absolute Gasteiger partial charge is 0.270 e. The van der Waals surface area contributed by atoms with Crippen LogP contribution in [-0.2, 0) is 16.0 Å². The van der Waals surface area contributed by atoms with Gasteiger partial charge in [0.2, 0.25) is 0 Å². The highest BCUT2D eigenvalue weighted by molar-refractivity contribution is 6.31. The van der Waals surface area contributed by atoms with Crippen molar-refractivity contribution in [2.75, 3.05) is 26.4 Å². The van der Waals surface area contributed by atoms with Crippen LogP contribution in [0.5, 0.6) is 0 Å². The van der Waals surface area contributed by atoms with Gasteiger partial charge in [-0.1, -0.05) is 11.6 Å². The van der Waals surface area contributed by atoms with E-state index in [2.05, 4.69) is 5.32 Å². The Kier molecular flexibility index (Phi) is 5.09. The van der Waals surface area contributed by atoms with Gasteiger partial charge in [-0.2, -0.15) is 0 Å². The van der Waals surface area contributed by atoms with Crippen LogP contribution in [0.2, 0.25) is 5.02 Å². The van der Waals surface area contributed by atoms with Gasteiger partial charge in [-0.25, -0.2) is 0 Å².